The number of nitrogens with zero attached hydrogens (tertiary/aromatic N) is 1. The van der Waals surface area contributed by atoms with Gasteiger partial charge in [0.25, 0.3) is 0 Å². The van der Waals surface area contributed by atoms with Crippen molar-refractivity contribution in [3.63, 3.8) is 0 Å². The van der Waals surface area contributed by atoms with Crippen molar-refractivity contribution in [2.75, 3.05) is 0 Å². The molecule has 0 fully saturated rings. The van der Waals surface area contributed by atoms with Crippen molar-refractivity contribution < 1.29 is 9.90 Å². The van der Waals surface area contributed by atoms with Crippen LogP contribution in [0.3, 0.4) is 0 Å². The van der Waals surface area contributed by atoms with Crippen LogP contribution in [0.1, 0.15) is 17.2 Å². The minimum Gasteiger partial charge on any atom is -0.480 e. The molecule has 2 rings (SSSR count). The van der Waals surface area contributed by atoms with E-state index >= 15 is 0 Å². The van der Waals surface area contributed by atoms with Gasteiger partial charge in [-0.15, -0.1) is 0 Å². The van der Waals surface area contributed by atoms with E-state index in [4.69, 9.17) is 0 Å². The van der Waals surface area contributed by atoms with Crippen molar-refractivity contribution in [1.82, 2.24) is 4.98 Å². The Bertz CT molecular complexity index is 428. The van der Waals surface area contributed by atoms with E-state index in [0.29, 0.717) is 5.69 Å². The molecule has 1 aromatic carbocycles. The zero-order chi connectivity index (χ0) is 11.4. The second-order valence-electron chi connectivity index (χ2n) is 3.44. The van der Waals surface area contributed by atoms with E-state index in [1.807, 2.05) is 18.2 Å². The van der Waals surface area contributed by atoms with Gasteiger partial charge < -0.3 is 5.11 Å². The maximum Gasteiger partial charge on any atom is 0.317 e. The van der Waals surface area contributed by atoms with Crippen LogP contribution in [-0.4, -0.2) is 16.1 Å². The van der Waals surface area contributed by atoms with E-state index in [2.05, 4.69) is 4.98 Å². The maximum absolute atomic E-state index is 11.3. The second-order valence-corrected chi connectivity index (χ2v) is 3.44. The zero-order valence-electron chi connectivity index (χ0n) is 8.58. The van der Waals surface area contributed by atoms with Crippen LogP contribution in [0.15, 0.2) is 54.7 Å². The molecule has 16 heavy (non-hydrogen) atoms. The number of hydrogen-bond donors (Lipinski definition) is 1. The molecule has 3 nitrogen and oxygen atoms in total. The van der Waals surface area contributed by atoms with Crippen LogP contribution >= 0.6 is 0 Å². The molecular formula is C13H11NO2. The van der Waals surface area contributed by atoms with E-state index in [9.17, 15) is 9.90 Å². The summed E-state index contributed by atoms with van der Waals surface area (Å²) in [6.07, 6.45) is 1.61. The molecule has 0 bridgehead atoms. The molecule has 3 heteroatoms. The summed E-state index contributed by atoms with van der Waals surface area (Å²) in [5.74, 6) is -1.58. The van der Waals surface area contributed by atoms with Crippen molar-refractivity contribution in [1.29, 1.82) is 0 Å². The van der Waals surface area contributed by atoms with E-state index in [0.717, 1.165) is 5.56 Å². The summed E-state index contributed by atoms with van der Waals surface area (Å²) in [5, 5.41) is 9.24. The van der Waals surface area contributed by atoms with Crippen molar-refractivity contribution in [2.24, 2.45) is 0 Å². The molecule has 2 aromatic rings. The van der Waals surface area contributed by atoms with Gasteiger partial charge in [0.15, 0.2) is 0 Å². The van der Waals surface area contributed by atoms with Gasteiger partial charge in [0, 0.05) is 6.20 Å². The minimum atomic E-state index is -0.884. The Morgan fingerprint density at radius 3 is 2.31 bits per heavy atom. The predicted molar refractivity (Wildman–Crippen MR) is 60.2 cm³/mol. The highest BCUT2D eigenvalue weighted by Crippen LogP contribution is 2.22. The first-order valence-electron chi connectivity index (χ1n) is 4.97. The van der Waals surface area contributed by atoms with Gasteiger partial charge in [0.1, 0.15) is 5.92 Å². The number of carboxylic acids is 1. The van der Waals surface area contributed by atoms with Gasteiger partial charge in [0.2, 0.25) is 0 Å². The van der Waals surface area contributed by atoms with E-state index < -0.39 is 11.9 Å². The summed E-state index contributed by atoms with van der Waals surface area (Å²) in [7, 11) is 0. The quantitative estimate of drug-likeness (QED) is 0.851. The average molecular weight is 213 g/mol. The van der Waals surface area contributed by atoms with Crippen LogP contribution in [0.25, 0.3) is 0 Å². The summed E-state index contributed by atoms with van der Waals surface area (Å²) in [4.78, 5) is 15.4. The SMILES string of the molecule is O=C(O)C(c1ccccc1)c1ccccn1. The summed E-state index contributed by atoms with van der Waals surface area (Å²) < 4.78 is 0. The Kier molecular flexibility index (Phi) is 2.96. The standard InChI is InChI=1S/C13H11NO2/c15-13(16)12(10-6-2-1-3-7-10)11-8-4-5-9-14-11/h1-9,12H,(H,15,16). The smallest absolute Gasteiger partial charge is 0.317 e. The molecule has 0 aliphatic carbocycles. The second kappa shape index (κ2) is 4.57. The van der Waals surface area contributed by atoms with E-state index in [1.54, 1.807) is 36.5 Å². The van der Waals surface area contributed by atoms with Gasteiger partial charge in [-0.1, -0.05) is 36.4 Å². The molecule has 0 saturated heterocycles. The van der Waals surface area contributed by atoms with Crippen LogP contribution in [0.2, 0.25) is 0 Å². The predicted octanol–water partition coefficient (Wildman–Crippen LogP) is 2.30. The third-order valence-electron chi connectivity index (χ3n) is 2.36. The number of benzene rings is 1. The fourth-order valence-electron chi connectivity index (χ4n) is 1.63. The Hall–Kier alpha value is -2.16. The normalized spacial score (nSPS) is 12.0. The number of carbonyl (C=O) groups is 1. The Balaban J connectivity index is 2.44. The summed E-state index contributed by atoms with van der Waals surface area (Å²) >= 11 is 0. The lowest BCUT2D eigenvalue weighted by Gasteiger charge is -2.11. The molecule has 1 heterocycles. The Morgan fingerprint density at radius 2 is 1.75 bits per heavy atom. The third kappa shape index (κ3) is 2.08. The molecule has 1 aromatic heterocycles. The van der Waals surface area contributed by atoms with Crippen molar-refractivity contribution in [3.8, 4) is 0 Å². The number of hydrogen-bond acceptors (Lipinski definition) is 2. The first-order chi connectivity index (χ1) is 7.79. The van der Waals surface area contributed by atoms with Gasteiger partial charge >= 0.3 is 5.97 Å². The molecule has 0 aliphatic heterocycles. The van der Waals surface area contributed by atoms with Gasteiger partial charge in [-0.3, -0.25) is 9.78 Å². The van der Waals surface area contributed by atoms with Crippen LogP contribution in [0.5, 0.6) is 0 Å². The van der Waals surface area contributed by atoms with E-state index in [1.165, 1.54) is 0 Å². The van der Waals surface area contributed by atoms with Gasteiger partial charge in [-0.05, 0) is 17.7 Å². The van der Waals surface area contributed by atoms with Crippen LogP contribution in [0, 0.1) is 0 Å². The number of rotatable bonds is 3. The third-order valence-corrected chi connectivity index (χ3v) is 2.36. The molecule has 80 valence electrons. The largest absolute Gasteiger partial charge is 0.480 e. The van der Waals surface area contributed by atoms with Crippen molar-refractivity contribution in [3.05, 3.63) is 66.0 Å². The van der Waals surface area contributed by atoms with Crippen molar-refractivity contribution in [2.45, 2.75) is 5.92 Å². The monoisotopic (exact) mass is 213 g/mol. The molecule has 1 atom stereocenters. The molecule has 0 saturated carbocycles. The highest BCUT2D eigenvalue weighted by molar-refractivity contribution is 5.79. The van der Waals surface area contributed by atoms with Crippen LogP contribution in [0.4, 0.5) is 0 Å². The van der Waals surface area contributed by atoms with Crippen molar-refractivity contribution >= 4 is 5.97 Å². The number of aliphatic carboxylic acids is 1. The summed E-state index contributed by atoms with van der Waals surface area (Å²) in [6.45, 7) is 0. The lowest BCUT2D eigenvalue weighted by Crippen LogP contribution is -2.14. The number of carboxylic acid groups (broad SMARTS) is 1. The summed E-state index contributed by atoms with van der Waals surface area (Å²) in [5.41, 5.74) is 1.30. The fourth-order valence-corrected chi connectivity index (χ4v) is 1.63. The zero-order valence-corrected chi connectivity index (χ0v) is 8.58. The Labute approximate surface area is 93.4 Å². The van der Waals surface area contributed by atoms with Gasteiger partial charge in [-0.2, -0.15) is 0 Å². The highest BCUT2D eigenvalue weighted by Gasteiger charge is 2.22. The molecular weight excluding hydrogens is 202 g/mol. The molecule has 0 aliphatic rings. The molecule has 1 unspecified atom stereocenters. The summed E-state index contributed by atoms with van der Waals surface area (Å²) in [6, 6.07) is 14.4. The minimum absolute atomic E-state index is 0.557. The Morgan fingerprint density at radius 1 is 1.06 bits per heavy atom. The van der Waals surface area contributed by atoms with E-state index in [-0.39, 0.29) is 0 Å². The highest BCUT2D eigenvalue weighted by atomic mass is 16.4. The number of aromatic nitrogens is 1. The average Bonchev–Trinajstić information content (AvgIpc) is 2.31. The number of pyridine rings is 1. The first-order valence-corrected chi connectivity index (χ1v) is 4.97. The lowest BCUT2D eigenvalue weighted by atomic mass is 9.95. The van der Waals surface area contributed by atoms with Crippen LogP contribution in [-0.2, 0) is 4.79 Å². The molecule has 1 N–H and O–H groups in total. The molecule has 0 amide bonds. The first kappa shape index (κ1) is 10.4. The maximum atomic E-state index is 11.3. The van der Waals surface area contributed by atoms with Gasteiger partial charge in [0.05, 0.1) is 5.69 Å². The van der Waals surface area contributed by atoms with Crippen LogP contribution < -0.4 is 0 Å². The molecule has 0 radical (unpaired) electrons. The fraction of sp³-hybridized carbons (Fsp3) is 0.0769. The molecule has 0 spiro atoms. The lowest BCUT2D eigenvalue weighted by molar-refractivity contribution is -0.137. The van der Waals surface area contributed by atoms with Gasteiger partial charge in [-0.25, -0.2) is 0 Å². The topological polar surface area (TPSA) is 50.2 Å².